The van der Waals surface area contributed by atoms with Crippen molar-refractivity contribution in [3.8, 4) is 0 Å². The van der Waals surface area contributed by atoms with Crippen molar-refractivity contribution in [3.05, 3.63) is 58.0 Å². The summed E-state index contributed by atoms with van der Waals surface area (Å²) in [5.41, 5.74) is 1.01. The van der Waals surface area contributed by atoms with Gasteiger partial charge < -0.3 is 14.4 Å². The molecule has 0 atom stereocenters. The molecule has 1 heterocycles. The Labute approximate surface area is 110 Å². The van der Waals surface area contributed by atoms with E-state index in [2.05, 4.69) is 0 Å². The average Bonchev–Trinajstić information content (AvgIpc) is 2.90. The molecule has 0 unspecified atom stereocenters. The van der Waals surface area contributed by atoms with Gasteiger partial charge in [0.05, 0.1) is 29.9 Å². The van der Waals surface area contributed by atoms with Crippen LogP contribution in [-0.2, 0) is 13.2 Å². The molecule has 0 spiro atoms. The van der Waals surface area contributed by atoms with E-state index in [-0.39, 0.29) is 12.3 Å². The van der Waals surface area contributed by atoms with Gasteiger partial charge in [-0.25, -0.2) is 0 Å². The van der Waals surface area contributed by atoms with Crippen molar-refractivity contribution in [1.82, 2.24) is 0 Å². The predicted molar refractivity (Wildman–Crippen MR) is 69.8 cm³/mol. The fourth-order valence-corrected chi connectivity index (χ4v) is 1.84. The number of aliphatic hydroxyl groups excluding tert-OH is 1. The van der Waals surface area contributed by atoms with Gasteiger partial charge in [-0.3, -0.25) is 10.1 Å². The Bertz CT molecular complexity index is 566. The van der Waals surface area contributed by atoms with E-state index < -0.39 is 4.92 Å². The standard InChI is InChI=1S/C13H14N2O4/c1-14(8-12-3-2-6-19-12)11-4-5-13(15(17)18)10(7-11)9-16/h2-7,16H,8-9H2,1H3. The van der Waals surface area contributed by atoms with Gasteiger partial charge in [0.15, 0.2) is 0 Å². The molecule has 0 aliphatic heterocycles. The van der Waals surface area contributed by atoms with Crippen LogP contribution < -0.4 is 4.90 Å². The van der Waals surface area contributed by atoms with Gasteiger partial charge in [-0.1, -0.05) is 0 Å². The Morgan fingerprint density at radius 2 is 2.21 bits per heavy atom. The molecule has 19 heavy (non-hydrogen) atoms. The highest BCUT2D eigenvalue weighted by Gasteiger charge is 2.15. The predicted octanol–water partition coefficient (Wildman–Crippen LogP) is 2.32. The number of rotatable bonds is 5. The molecule has 0 saturated heterocycles. The van der Waals surface area contributed by atoms with Gasteiger partial charge in [0.25, 0.3) is 5.69 Å². The number of hydrogen-bond donors (Lipinski definition) is 1. The van der Waals surface area contributed by atoms with Crippen molar-refractivity contribution < 1.29 is 14.4 Å². The monoisotopic (exact) mass is 262 g/mol. The number of nitro benzene ring substituents is 1. The zero-order valence-electron chi connectivity index (χ0n) is 10.4. The molecule has 1 N–H and O–H groups in total. The van der Waals surface area contributed by atoms with Gasteiger partial charge in [0.2, 0.25) is 0 Å². The number of aliphatic hydroxyl groups is 1. The number of furan rings is 1. The smallest absolute Gasteiger partial charge is 0.275 e. The first-order chi connectivity index (χ1) is 9.11. The SMILES string of the molecule is CN(Cc1ccco1)c1ccc([N+](=O)[O-])c(CO)c1. The minimum absolute atomic E-state index is 0.0716. The van der Waals surface area contributed by atoms with Crippen LogP contribution in [0.5, 0.6) is 0 Å². The second kappa shape index (κ2) is 5.53. The topological polar surface area (TPSA) is 79.8 Å². The van der Waals surface area contributed by atoms with Crippen LogP contribution in [0.1, 0.15) is 11.3 Å². The zero-order valence-corrected chi connectivity index (χ0v) is 10.4. The quantitative estimate of drug-likeness (QED) is 0.660. The van der Waals surface area contributed by atoms with Crippen molar-refractivity contribution in [3.63, 3.8) is 0 Å². The molecule has 0 aliphatic rings. The van der Waals surface area contributed by atoms with Gasteiger partial charge in [-0.2, -0.15) is 0 Å². The number of benzene rings is 1. The average molecular weight is 262 g/mol. The molecule has 1 aromatic carbocycles. The molecular formula is C13H14N2O4. The van der Waals surface area contributed by atoms with Gasteiger partial charge >= 0.3 is 0 Å². The van der Waals surface area contributed by atoms with Gasteiger partial charge in [-0.15, -0.1) is 0 Å². The third-order valence-corrected chi connectivity index (χ3v) is 2.84. The number of hydrogen-bond acceptors (Lipinski definition) is 5. The minimum Gasteiger partial charge on any atom is -0.467 e. The maximum Gasteiger partial charge on any atom is 0.275 e. The lowest BCUT2D eigenvalue weighted by atomic mass is 10.1. The summed E-state index contributed by atoms with van der Waals surface area (Å²) in [7, 11) is 1.85. The molecule has 0 fully saturated rings. The van der Waals surface area contributed by atoms with E-state index in [0.29, 0.717) is 12.1 Å². The first kappa shape index (κ1) is 13.1. The van der Waals surface area contributed by atoms with Crippen molar-refractivity contribution in [2.45, 2.75) is 13.2 Å². The number of anilines is 1. The molecular weight excluding hydrogens is 248 g/mol. The Morgan fingerprint density at radius 1 is 1.42 bits per heavy atom. The summed E-state index contributed by atoms with van der Waals surface area (Å²) >= 11 is 0. The van der Waals surface area contributed by atoms with Gasteiger partial charge in [0, 0.05) is 18.8 Å². The maximum absolute atomic E-state index is 10.8. The van der Waals surface area contributed by atoms with E-state index in [1.165, 1.54) is 6.07 Å². The van der Waals surface area contributed by atoms with E-state index in [0.717, 1.165) is 11.4 Å². The van der Waals surface area contributed by atoms with Crippen molar-refractivity contribution in [2.24, 2.45) is 0 Å². The van der Waals surface area contributed by atoms with Crippen LogP contribution in [0.4, 0.5) is 11.4 Å². The number of nitrogens with zero attached hydrogens (tertiary/aromatic N) is 2. The molecule has 2 aromatic rings. The minimum atomic E-state index is -0.498. The van der Waals surface area contributed by atoms with Crippen LogP contribution in [0, 0.1) is 10.1 Å². The Hall–Kier alpha value is -2.34. The highest BCUT2D eigenvalue weighted by Crippen LogP contribution is 2.25. The van der Waals surface area contributed by atoms with Crippen molar-refractivity contribution >= 4 is 11.4 Å². The summed E-state index contributed by atoms with van der Waals surface area (Å²) in [6.07, 6.45) is 1.60. The molecule has 0 bridgehead atoms. The van der Waals surface area contributed by atoms with E-state index in [1.807, 2.05) is 18.0 Å². The molecule has 6 nitrogen and oxygen atoms in total. The fourth-order valence-electron chi connectivity index (χ4n) is 1.84. The van der Waals surface area contributed by atoms with E-state index in [4.69, 9.17) is 4.42 Å². The van der Waals surface area contributed by atoms with E-state index in [1.54, 1.807) is 24.5 Å². The Morgan fingerprint density at radius 3 is 2.79 bits per heavy atom. The Kier molecular flexibility index (Phi) is 3.82. The molecule has 1 aromatic heterocycles. The van der Waals surface area contributed by atoms with Crippen LogP contribution in [-0.4, -0.2) is 17.1 Å². The van der Waals surface area contributed by atoms with Crippen molar-refractivity contribution in [2.75, 3.05) is 11.9 Å². The highest BCUT2D eigenvalue weighted by molar-refractivity contribution is 5.55. The van der Waals surface area contributed by atoms with Crippen LogP contribution in [0.3, 0.4) is 0 Å². The summed E-state index contributed by atoms with van der Waals surface area (Å²) < 4.78 is 5.24. The molecule has 0 aliphatic carbocycles. The third kappa shape index (κ3) is 2.92. The second-order valence-electron chi connectivity index (χ2n) is 4.16. The van der Waals surface area contributed by atoms with Crippen LogP contribution in [0.25, 0.3) is 0 Å². The van der Waals surface area contributed by atoms with Crippen molar-refractivity contribution in [1.29, 1.82) is 0 Å². The van der Waals surface area contributed by atoms with E-state index >= 15 is 0 Å². The fraction of sp³-hybridized carbons (Fsp3) is 0.231. The Balaban J connectivity index is 2.23. The van der Waals surface area contributed by atoms with Crippen LogP contribution in [0.2, 0.25) is 0 Å². The lowest BCUT2D eigenvalue weighted by Crippen LogP contribution is -2.16. The first-order valence-electron chi connectivity index (χ1n) is 5.73. The normalized spacial score (nSPS) is 10.4. The lowest BCUT2D eigenvalue weighted by Gasteiger charge is -2.18. The first-order valence-corrected chi connectivity index (χ1v) is 5.73. The highest BCUT2D eigenvalue weighted by atomic mass is 16.6. The van der Waals surface area contributed by atoms with Crippen LogP contribution in [0.15, 0.2) is 41.0 Å². The summed E-state index contributed by atoms with van der Waals surface area (Å²) in [6, 6.07) is 8.33. The molecule has 0 saturated carbocycles. The summed E-state index contributed by atoms with van der Waals surface area (Å²) in [5.74, 6) is 0.798. The molecule has 0 amide bonds. The lowest BCUT2D eigenvalue weighted by molar-refractivity contribution is -0.385. The largest absolute Gasteiger partial charge is 0.467 e. The van der Waals surface area contributed by atoms with Crippen LogP contribution >= 0.6 is 0 Å². The second-order valence-corrected chi connectivity index (χ2v) is 4.16. The van der Waals surface area contributed by atoms with Gasteiger partial charge in [-0.05, 0) is 24.3 Å². The number of nitro groups is 1. The molecule has 6 heteroatoms. The van der Waals surface area contributed by atoms with E-state index in [9.17, 15) is 15.2 Å². The summed E-state index contributed by atoms with van der Waals surface area (Å²) in [6.45, 7) is 0.189. The molecule has 100 valence electrons. The maximum atomic E-state index is 10.8. The summed E-state index contributed by atoms with van der Waals surface area (Å²) in [4.78, 5) is 12.2. The third-order valence-electron chi connectivity index (χ3n) is 2.84. The summed E-state index contributed by atoms with van der Waals surface area (Å²) in [5, 5.41) is 20.0. The molecule has 0 radical (unpaired) electrons. The van der Waals surface area contributed by atoms with Gasteiger partial charge in [0.1, 0.15) is 5.76 Å². The zero-order chi connectivity index (χ0) is 13.8. The molecule has 2 rings (SSSR count).